The Balaban J connectivity index is 1.82. The number of piperidine rings is 1. The van der Waals surface area contributed by atoms with Gasteiger partial charge in [0.15, 0.2) is 5.60 Å². The molecule has 0 radical (unpaired) electrons. The van der Waals surface area contributed by atoms with Crippen LogP contribution in [0.5, 0.6) is 0 Å². The number of rotatable bonds is 4. The lowest BCUT2D eigenvalue weighted by Gasteiger charge is -2.41. The van der Waals surface area contributed by atoms with Crippen LogP contribution in [-0.4, -0.2) is 35.0 Å². The molecule has 1 saturated carbocycles. The Bertz CT molecular complexity index is 546. The molecule has 0 spiro atoms. The van der Waals surface area contributed by atoms with Crippen LogP contribution >= 0.6 is 0 Å². The number of amides is 1. The van der Waals surface area contributed by atoms with Gasteiger partial charge in [-0.1, -0.05) is 43.2 Å². The summed E-state index contributed by atoms with van der Waals surface area (Å²) in [6.07, 6.45) is 5.90. The Morgan fingerprint density at radius 2 is 1.75 bits per heavy atom. The minimum absolute atomic E-state index is 0.0264. The topological polar surface area (TPSA) is 66.6 Å². The minimum atomic E-state index is -1.38. The molecule has 3 rings (SSSR count). The standard InChI is InChI=1S/C20H30N2O2/c1-15(21)16-11-13-22(14-12-16)19(23)20(24,18-9-5-6-10-18)17-7-3-2-4-8-17/h2-4,7-8,15-16,18,24H,5-6,9-14,21H2,1H3. The van der Waals surface area contributed by atoms with Gasteiger partial charge in [-0.3, -0.25) is 4.79 Å². The molecule has 2 fully saturated rings. The highest BCUT2D eigenvalue weighted by Gasteiger charge is 2.48. The van der Waals surface area contributed by atoms with E-state index in [9.17, 15) is 9.90 Å². The van der Waals surface area contributed by atoms with Crippen LogP contribution in [0.4, 0.5) is 0 Å². The predicted octanol–water partition coefficient (Wildman–Crippen LogP) is 2.65. The average molecular weight is 330 g/mol. The molecule has 132 valence electrons. The highest BCUT2D eigenvalue weighted by atomic mass is 16.3. The van der Waals surface area contributed by atoms with Gasteiger partial charge < -0.3 is 15.7 Å². The van der Waals surface area contributed by atoms with E-state index in [1.54, 1.807) is 0 Å². The highest BCUT2D eigenvalue weighted by molar-refractivity contribution is 5.87. The zero-order valence-corrected chi connectivity index (χ0v) is 14.7. The zero-order valence-electron chi connectivity index (χ0n) is 14.7. The van der Waals surface area contributed by atoms with Gasteiger partial charge in [0.05, 0.1) is 0 Å². The first-order valence-electron chi connectivity index (χ1n) is 9.36. The molecule has 1 aromatic carbocycles. The van der Waals surface area contributed by atoms with Gasteiger partial charge >= 0.3 is 0 Å². The molecule has 24 heavy (non-hydrogen) atoms. The molecule has 1 aliphatic carbocycles. The molecule has 1 aromatic rings. The SMILES string of the molecule is CC(N)C1CCN(C(=O)C(O)(c2ccccc2)C2CCCC2)CC1. The summed E-state index contributed by atoms with van der Waals surface area (Å²) in [5.41, 5.74) is 5.38. The van der Waals surface area contributed by atoms with Gasteiger partial charge in [0.2, 0.25) is 0 Å². The molecule has 2 unspecified atom stereocenters. The van der Waals surface area contributed by atoms with Crippen LogP contribution in [0.15, 0.2) is 30.3 Å². The van der Waals surface area contributed by atoms with E-state index in [1.165, 1.54) is 0 Å². The van der Waals surface area contributed by atoms with Crippen molar-refractivity contribution in [3.63, 3.8) is 0 Å². The molecule has 4 heteroatoms. The molecule has 2 aliphatic rings. The van der Waals surface area contributed by atoms with Crippen LogP contribution in [0, 0.1) is 11.8 Å². The summed E-state index contributed by atoms with van der Waals surface area (Å²) in [7, 11) is 0. The number of carbonyl (C=O) groups excluding carboxylic acids is 1. The van der Waals surface area contributed by atoms with E-state index in [2.05, 4.69) is 0 Å². The van der Waals surface area contributed by atoms with E-state index in [1.807, 2.05) is 42.2 Å². The minimum Gasteiger partial charge on any atom is -0.375 e. The molecular formula is C20H30N2O2. The largest absolute Gasteiger partial charge is 0.375 e. The number of nitrogens with two attached hydrogens (primary N) is 1. The number of hydrogen-bond donors (Lipinski definition) is 2. The number of benzene rings is 1. The Hall–Kier alpha value is -1.39. The van der Waals surface area contributed by atoms with Crippen molar-refractivity contribution in [1.29, 1.82) is 0 Å². The third kappa shape index (κ3) is 3.22. The van der Waals surface area contributed by atoms with E-state index in [-0.39, 0.29) is 17.9 Å². The highest BCUT2D eigenvalue weighted by Crippen LogP contribution is 2.42. The van der Waals surface area contributed by atoms with Crippen LogP contribution in [0.1, 0.15) is 51.0 Å². The summed E-state index contributed by atoms with van der Waals surface area (Å²) in [4.78, 5) is 15.2. The van der Waals surface area contributed by atoms with Gasteiger partial charge in [-0.25, -0.2) is 0 Å². The first kappa shape index (κ1) is 17.4. The van der Waals surface area contributed by atoms with Crippen molar-refractivity contribution in [2.75, 3.05) is 13.1 Å². The Morgan fingerprint density at radius 3 is 2.29 bits per heavy atom. The molecule has 2 atom stereocenters. The van der Waals surface area contributed by atoms with E-state index < -0.39 is 5.60 Å². The Kier molecular flexibility index (Phi) is 5.26. The van der Waals surface area contributed by atoms with E-state index in [0.29, 0.717) is 19.0 Å². The van der Waals surface area contributed by atoms with Crippen LogP contribution in [0.25, 0.3) is 0 Å². The Morgan fingerprint density at radius 1 is 1.17 bits per heavy atom. The monoisotopic (exact) mass is 330 g/mol. The lowest BCUT2D eigenvalue weighted by molar-refractivity contribution is -0.161. The third-order valence-electron chi connectivity index (χ3n) is 6.06. The van der Waals surface area contributed by atoms with E-state index in [0.717, 1.165) is 44.1 Å². The Labute approximate surface area is 145 Å². The maximum Gasteiger partial charge on any atom is 0.259 e. The molecule has 1 heterocycles. The molecule has 0 aromatic heterocycles. The predicted molar refractivity (Wildman–Crippen MR) is 95.3 cm³/mol. The molecule has 4 nitrogen and oxygen atoms in total. The second kappa shape index (κ2) is 7.24. The fraction of sp³-hybridized carbons (Fsp3) is 0.650. The molecule has 1 amide bonds. The molecule has 1 aliphatic heterocycles. The second-order valence-electron chi connectivity index (χ2n) is 7.60. The van der Waals surface area contributed by atoms with E-state index >= 15 is 0 Å². The number of nitrogens with zero attached hydrogens (tertiary/aromatic N) is 1. The maximum absolute atomic E-state index is 13.3. The summed E-state index contributed by atoms with van der Waals surface area (Å²) >= 11 is 0. The normalized spacial score (nSPS) is 23.9. The van der Waals surface area contributed by atoms with Gasteiger partial charge in [0, 0.05) is 25.0 Å². The molecule has 0 bridgehead atoms. The van der Waals surface area contributed by atoms with Gasteiger partial charge in [-0.15, -0.1) is 0 Å². The smallest absolute Gasteiger partial charge is 0.259 e. The first-order chi connectivity index (χ1) is 11.5. The van der Waals surface area contributed by atoms with Gasteiger partial charge in [0.25, 0.3) is 5.91 Å². The van der Waals surface area contributed by atoms with Crippen molar-refractivity contribution in [2.45, 2.75) is 57.1 Å². The number of likely N-dealkylation sites (tertiary alicyclic amines) is 1. The summed E-state index contributed by atoms with van der Waals surface area (Å²) in [5, 5.41) is 11.6. The fourth-order valence-corrected chi connectivity index (χ4v) is 4.44. The third-order valence-corrected chi connectivity index (χ3v) is 6.06. The van der Waals surface area contributed by atoms with Gasteiger partial charge in [-0.2, -0.15) is 0 Å². The molecule has 3 N–H and O–H groups in total. The first-order valence-corrected chi connectivity index (χ1v) is 9.36. The number of hydrogen-bond acceptors (Lipinski definition) is 3. The number of aliphatic hydroxyl groups is 1. The van der Waals surface area contributed by atoms with Gasteiger partial charge in [-0.05, 0) is 44.1 Å². The van der Waals surface area contributed by atoms with Crippen molar-refractivity contribution in [2.24, 2.45) is 17.6 Å². The quantitative estimate of drug-likeness (QED) is 0.892. The molecular weight excluding hydrogens is 300 g/mol. The summed E-state index contributed by atoms with van der Waals surface area (Å²) < 4.78 is 0. The van der Waals surface area contributed by atoms with Crippen LogP contribution < -0.4 is 5.73 Å². The van der Waals surface area contributed by atoms with Gasteiger partial charge in [0.1, 0.15) is 0 Å². The zero-order chi connectivity index (χ0) is 17.2. The summed E-state index contributed by atoms with van der Waals surface area (Å²) in [6, 6.07) is 9.70. The van der Waals surface area contributed by atoms with E-state index in [4.69, 9.17) is 5.73 Å². The van der Waals surface area contributed by atoms with Crippen LogP contribution in [-0.2, 0) is 10.4 Å². The number of carbonyl (C=O) groups is 1. The molecule has 1 saturated heterocycles. The summed E-state index contributed by atoms with van der Waals surface area (Å²) in [5.74, 6) is 0.396. The fourth-order valence-electron chi connectivity index (χ4n) is 4.44. The maximum atomic E-state index is 13.3. The summed E-state index contributed by atoms with van der Waals surface area (Å²) in [6.45, 7) is 3.45. The van der Waals surface area contributed by atoms with Crippen molar-refractivity contribution in [3.05, 3.63) is 35.9 Å². The lowest BCUT2D eigenvalue weighted by atomic mass is 9.78. The second-order valence-corrected chi connectivity index (χ2v) is 7.60. The van der Waals surface area contributed by atoms with Crippen LogP contribution in [0.2, 0.25) is 0 Å². The van der Waals surface area contributed by atoms with Crippen molar-refractivity contribution >= 4 is 5.91 Å². The van der Waals surface area contributed by atoms with Crippen molar-refractivity contribution in [1.82, 2.24) is 4.90 Å². The van der Waals surface area contributed by atoms with Crippen molar-refractivity contribution < 1.29 is 9.90 Å². The van der Waals surface area contributed by atoms with Crippen LogP contribution in [0.3, 0.4) is 0 Å². The lowest BCUT2D eigenvalue weighted by Crippen LogP contribution is -2.53. The van der Waals surface area contributed by atoms with Crippen molar-refractivity contribution in [3.8, 4) is 0 Å². The average Bonchev–Trinajstić information content (AvgIpc) is 3.16.